The molecular formula is C18H14Br2N2O3. The molecule has 128 valence electrons. The minimum Gasteiger partial charge on any atom is -0.467 e. The lowest BCUT2D eigenvalue weighted by Crippen LogP contribution is -2.38. The molecule has 25 heavy (non-hydrogen) atoms. The largest absolute Gasteiger partial charge is 0.467 e. The Bertz CT molecular complexity index is 850. The summed E-state index contributed by atoms with van der Waals surface area (Å²) in [5, 5.41) is 4.16. The first-order valence-corrected chi connectivity index (χ1v) is 9.06. The predicted molar refractivity (Wildman–Crippen MR) is 102 cm³/mol. The molecule has 1 aliphatic rings. The lowest BCUT2D eigenvalue weighted by atomic mass is 9.85. The van der Waals surface area contributed by atoms with E-state index in [1.165, 1.54) is 7.11 Å². The van der Waals surface area contributed by atoms with Crippen LogP contribution in [0.4, 0.5) is 0 Å². The molecule has 2 aromatic rings. The highest BCUT2D eigenvalue weighted by molar-refractivity contribution is 9.10. The molecule has 1 N–H and O–H groups in total. The van der Waals surface area contributed by atoms with Gasteiger partial charge in [0.15, 0.2) is 6.04 Å². The van der Waals surface area contributed by atoms with E-state index in [1.807, 2.05) is 24.3 Å². The van der Waals surface area contributed by atoms with E-state index >= 15 is 0 Å². The van der Waals surface area contributed by atoms with Gasteiger partial charge in [0.05, 0.1) is 13.0 Å². The van der Waals surface area contributed by atoms with E-state index in [1.54, 1.807) is 24.3 Å². The van der Waals surface area contributed by atoms with Gasteiger partial charge in [0.2, 0.25) is 5.78 Å². The summed E-state index contributed by atoms with van der Waals surface area (Å²) in [7, 11) is 1.32. The predicted octanol–water partition coefficient (Wildman–Crippen LogP) is 3.68. The Hall–Kier alpha value is -1.99. The average Bonchev–Trinajstić information content (AvgIpc) is 3.06. The standard InChI is InChI=1S/C18H14Br2N2O3/c1-25-18(24)16-14(11-3-2-4-13(20)9-11)15(21-22-16)17(23)10-5-7-12(19)8-6-10/h2-9,14,16,22H,1H3. The number of ether oxygens (including phenoxy) is 1. The minimum absolute atomic E-state index is 0.226. The zero-order valence-electron chi connectivity index (χ0n) is 13.2. The van der Waals surface area contributed by atoms with Crippen molar-refractivity contribution in [3.63, 3.8) is 0 Å². The van der Waals surface area contributed by atoms with E-state index in [9.17, 15) is 9.59 Å². The molecule has 0 saturated heterocycles. The average molecular weight is 466 g/mol. The molecule has 2 atom stereocenters. The van der Waals surface area contributed by atoms with Gasteiger partial charge < -0.3 is 4.74 Å². The molecule has 3 rings (SSSR count). The maximum Gasteiger partial charge on any atom is 0.330 e. The molecule has 0 amide bonds. The number of esters is 1. The molecule has 1 heterocycles. The number of hydrazone groups is 1. The summed E-state index contributed by atoms with van der Waals surface area (Å²) in [5.41, 5.74) is 4.36. The zero-order valence-corrected chi connectivity index (χ0v) is 16.4. The van der Waals surface area contributed by atoms with Crippen molar-refractivity contribution in [3.05, 3.63) is 68.6 Å². The van der Waals surface area contributed by atoms with Crippen LogP contribution in [-0.2, 0) is 9.53 Å². The summed E-state index contributed by atoms with van der Waals surface area (Å²) in [6.45, 7) is 0. The highest BCUT2D eigenvalue weighted by Crippen LogP contribution is 2.30. The lowest BCUT2D eigenvalue weighted by Gasteiger charge is -2.19. The van der Waals surface area contributed by atoms with Gasteiger partial charge in [0.1, 0.15) is 5.71 Å². The Labute approximate surface area is 161 Å². The van der Waals surface area contributed by atoms with Gasteiger partial charge in [0, 0.05) is 14.5 Å². The van der Waals surface area contributed by atoms with E-state index in [-0.39, 0.29) is 11.5 Å². The maximum atomic E-state index is 12.9. The fourth-order valence-corrected chi connectivity index (χ4v) is 3.43. The summed E-state index contributed by atoms with van der Waals surface area (Å²) < 4.78 is 6.60. The molecule has 0 bridgehead atoms. The van der Waals surface area contributed by atoms with Crippen molar-refractivity contribution in [2.24, 2.45) is 5.10 Å². The number of ketones is 1. The van der Waals surface area contributed by atoms with Crippen LogP contribution in [0.2, 0.25) is 0 Å². The minimum atomic E-state index is -0.742. The van der Waals surface area contributed by atoms with E-state index in [4.69, 9.17) is 4.74 Å². The summed E-state index contributed by atoms with van der Waals surface area (Å²) in [6.07, 6.45) is 0. The van der Waals surface area contributed by atoms with E-state index in [0.29, 0.717) is 5.56 Å². The molecule has 2 unspecified atom stereocenters. The third kappa shape index (κ3) is 3.67. The van der Waals surface area contributed by atoms with Crippen LogP contribution in [0.3, 0.4) is 0 Å². The van der Waals surface area contributed by atoms with Crippen LogP contribution in [0.25, 0.3) is 0 Å². The molecule has 0 aromatic heterocycles. The molecule has 7 heteroatoms. The zero-order chi connectivity index (χ0) is 18.0. The normalized spacial score (nSPS) is 19.1. The third-order valence-electron chi connectivity index (χ3n) is 3.95. The van der Waals surface area contributed by atoms with E-state index < -0.39 is 17.9 Å². The molecule has 1 aliphatic heterocycles. The van der Waals surface area contributed by atoms with Crippen molar-refractivity contribution in [3.8, 4) is 0 Å². The monoisotopic (exact) mass is 464 g/mol. The Balaban J connectivity index is 2.00. The van der Waals surface area contributed by atoms with Crippen molar-refractivity contribution >= 4 is 49.3 Å². The SMILES string of the molecule is COC(=O)C1NN=C(C(=O)c2ccc(Br)cc2)C1c1cccc(Br)c1. The summed E-state index contributed by atoms with van der Waals surface area (Å²) in [5.74, 6) is -1.22. The summed E-state index contributed by atoms with van der Waals surface area (Å²) in [4.78, 5) is 25.1. The number of rotatable bonds is 4. The summed E-state index contributed by atoms with van der Waals surface area (Å²) in [6, 6.07) is 13.8. The van der Waals surface area contributed by atoms with Crippen molar-refractivity contribution in [2.45, 2.75) is 12.0 Å². The quantitative estimate of drug-likeness (QED) is 0.552. The molecule has 5 nitrogen and oxygen atoms in total. The van der Waals surface area contributed by atoms with Crippen molar-refractivity contribution in [1.29, 1.82) is 0 Å². The summed E-state index contributed by atoms with van der Waals surface area (Å²) >= 11 is 6.78. The van der Waals surface area contributed by atoms with Crippen LogP contribution in [0.15, 0.2) is 62.6 Å². The molecule has 2 aromatic carbocycles. The Morgan fingerprint density at radius 1 is 1.08 bits per heavy atom. The van der Waals surface area contributed by atoms with Gasteiger partial charge in [-0.15, -0.1) is 0 Å². The van der Waals surface area contributed by atoms with Gasteiger partial charge in [-0.25, -0.2) is 4.79 Å². The molecule has 0 aliphatic carbocycles. The molecule has 0 radical (unpaired) electrons. The second kappa shape index (κ2) is 7.49. The number of carbonyl (C=O) groups excluding carboxylic acids is 2. The van der Waals surface area contributed by atoms with Crippen LogP contribution >= 0.6 is 31.9 Å². The van der Waals surface area contributed by atoms with E-state index in [0.717, 1.165) is 14.5 Å². The fraction of sp³-hybridized carbons (Fsp3) is 0.167. The van der Waals surface area contributed by atoms with Gasteiger partial charge in [-0.05, 0) is 42.0 Å². The van der Waals surface area contributed by atoms with Gasteiger partial charge >= 0.3 is 5.97 Å². The van der Waals surface area contributed by atoms with Crippen LogP contribution in [0, 0.1) is 0 Å². The van der Waals surface area contributed by atoms with Crippen molar-refractivity contribution in [1.82, 2.24) is 5.43 Å². The van der Waals surface area contributed by atoms with Crippen LogP contribution < -0.4 is 5.43 Å². The maximum absolute atomic E-state index is 12.9. The highest BCUT2D eigenvalue weighted by Gasteiger charge is 2.41. The molecule has 0 saturated carbocycles. The molecule has 0 fully saturated rings. The van der Waals surface area contributed by atoms with Gasteiger partial charge in [-0.2, -0.15) is 5.10 Å². The Morgan fingerprint density at radius 3 is 2.44 bits per heavy atom. The smallest absolute Gasteiger partial charge is 0.330 e. The van der Waals surface area contributed by atoms with Crippen LogP contribution in [0.1, 0.15) is 21.8 Å². The Morgan fingerprint density at radius 2 is 1.80 bits per heavy atom. The van der Waals surface area contributed by atoms with E-state index in [2.05, 4.69) is 42.4 Å². The van der Waals surface area contributed by atoms with Gasteiger partial charge in [-0.3, -0.25) is 10.2 Å². The second-order valence-corrected chi connectivity index (χ2v) is 7.33. The van der Waals surface area contributed by atoms with Crippen LogP contribution in [0.5, 0.6) is 0 Å². The number of benzene rings is 2. The number of Topliss-reactive ketones (excluding diaryl/α,β-unsaturated/α-hetero) is 1. The van der Waals surface area contributed by atoms with Gasteiger partial charge in [0.25, 0.3) is 0 Å². The first-order valence-electron chi connectivity index (χ1n) is 7.48. The van der Waals surface area contributed by atoms with Crippen molar-refractivity contribution < 1.29 is 14.3 Å². The fourth-order valence-electron chi connectivity index (χ4n) is 2.75. The molecule has 0 spiro atoms. The van der Waals surface area contributed by atoms with Crippen molar-refractivity contribution in [2.75, 3.05) is 7.11 Å². The number of hydrogen-bond acceptors (Lipinski definition) is 5. The number of halogens is 2. The first kappa shape index (κ1) is 17.8. The first-order chi connectivity index (χ1) is 12.0. The number of nitrogens with zero attached hydrogens (tertiary/aromatic N) is 1. The van der Waals surface area contributed by atoms with Gasteiger partial charge in [-0.1, -0.05) is 44.0 Å². The Kier molecular flexibility index (Phi) is 5.34. The molecular weight excluding hydrogens is 452 g/mol. The number of hydrogen-bond donors (Lipinski definition) is 1. The number of nitrogens with one attached hydrogen (secondary N) is 1. The van der Waals surface area contributed by atoms with Crippen LogP contribution in [-0.4, -0.2) is 30.6 Å². The number of carbonyl (C=O) groups is 2. The third-order valence-corrected chi connectivity index (χ3v) is 4.98. The lowest BCUT2D eigenvalue weighted by molar-refractivity contribution is -0.143. The number of methoxy groups -OCH3 is 1. The second-order valence-electron chi connectivity index (χ2n) is 5.50. The topological polar surface area (TPSA) is 67.8 Å². The highest BCUT2D eigenvalue weighted by atomic mass is 79.9.